The SMILES string of the molecule is C=CCOc1c([Si](C)(C)C)cc(C)cc1[Si](C)(C)C1c2ccsc2-c2sccc21. The summed E-state index contributed by atoms with van der Waals surface area (Å²) in [7, 11) is -3.50. The van der Waals surface area contributed by atoms with Crippen LogP contribution < -0.4 is 15.1 Å². The van der Waals surface area contributed by atoms with E-state index in [9.17, 15) is 0 Å². The van der Waals surface area contributed by atoms with Crippen molar-refractivity contribution in [2.75, 3.05) is 6.61 Å². The highest BCUT2D eigenvalue weighted by Crippen LogP contribution is 2.53. The maximum atomic E-state index is 6.44. The smallest absolute Gasteiger partial charge is 0.118 e. The second-order valence-corrected chi connectivity index (χ2v) is 21.0. The summed E-state index contributed by atoms with van der Waals surface area (Å²) in [5.74, 6) is 1.16. The molecule has 0 N–H and O–H groups in total. The molecule has 2 heterocycles. The summed E-state index contributed by atoms with van der Waals surface area (Å²) in [5, 5.41) is 7.45. The molecule has 3 aromatic rings. The van der Waals surface area contributed by atoms with Gasteiger partial charge in [0.2, 0.25) is 0 Å². The summed E-state index contributed by atoms with van der Waals surface area (Å²) in [6.45, 7) is 19.0. The van der Waals surface area contributed by atoms with Crippen molar-refractivity contribution in [3.05, 3.63) is 64.4 Å². The molecule has 152 valence electrons. The Hall–Kier alpha value is -1.41. The fourth-order valence-electron chi connectivity index (χ4n) is 4.67. The van der Waals surface area contributed by atoms with Gasteiger partial charge in [-0.25, -0.2) is 0 Å². The van der Waals surface area contributed by atoms with E-state index in [2.05, 4.69) is 81.3 Å². The van der Waals surface area contributed by atoms with Crippen molar-refractivity contribution >= 4 is 49.2 Å². The van der Waals surface area contributed by atoms with Gasteiger partial charge in [0.15, 0.2) is 0 Å². The van der Waals surface area contributed by atoms with Gasteiger partial charge in [-0.15, -0.1) is 22.7 Å². The first-order valence-corrected chi connectivity index (χ1v) is 18.5. The minimum atomic E-state index is -1.94. The highest BCUT2D eigenvalue weighted by Gasteiger charge is 2.45. The zero-order chi connectivity index (χ0) is 21.0. The van der Waals surface area contributed by atoms with Crippen molar-refractivity contribution in [2.24, 2.45) is 0 Å². The van der Waals surface area contributed by atoms with Gasteiger partial charge in [-0.05, 0) is 51.3 Å². The van der Waals surface area contributed by atoms with Gasteiger partial charge in [0.1, 0.15) is 12.4 Å². The lowest BCUT2D eigenvalue weighted by atomic mass is 10.2. The standard InChI is InChI=1S/C24H30OS2Si2/c1-8-11-25-21-19(28(3,4)5)14-16(2)15-20(21)29(6,7)24-17-9-12-26-22(17)23-18(24)10-13-27-23/h8-10,12-15,24H,1,11H2,2-7H3. The van der Waals surface area contributed by atoms with Crippen LogP contribution in [-0.2, 0) is 0 Å². The Morgan fingerprint density at radius 2 is 1.52 bits per heavy atom. The predicted octanol–water partition coefficient (Wildman–Crippen LogP) is 6.50. The molecule has 1 aliphatic rings. The predicted molar refractivity (Wildman–Crippen MR) is 136 cm³/mol. The van der Waals surface area contributed by atoms with Crippen LogP contribution in [0.5, 0.6) is 5.75 Å². The van der Waals surface area contributed by atoms with E-state index >= 15 is 0 Å². The number of aryl methyl sites for hydroxylation is 1. The molecule has 0 spiro atoms. The van der Waals surface area contributed by atoms with Gasteiger partial charge in [0.25, 0.3) is 0 Å². The molecule has 1 nitrogen and oxygen atoms in total. The molecular formula is C24H30OS2Si2. The largest absolute Gasteiger partial charge is 0.490 e. The van der Waals surface area contributed by atoms with Crippen LogP contribution in [0, 0.1) is 6.92 Å². The summed E-state index contributed by atoms with van der Waals surface area (Å²) in [6, 6.07) is 9.53. The molecule has 0 unspecified atom stereocenters. The normalized spacial score (nSPS) is 14.0. The molecule has 0 aliphatic heterocycles. The average molecular weight is 455 g/mol. The topological polar surface area (TPSA) is 9.23 Å². The van der Waals surface area contributed by atoms with Crippen LogP contribution in [0.25, 0.3) is 9.75 Å². The quantitative estimate of drug-likeness (QED) is 0.305. The van der Waals surface area contributed by atoms with E-state index in [0.717, 1.165) is 5.75 Å². The Balaban J connectivity index is 1.94. The van der Waals surface area contributed by atoms with E-state index in [0.29, 0.717) is 12.1 Å². The minimum Gasteiger partial charge on any atom is -0.490 e. The fourth-order valence-corrected chi connectivity index (χ4v) is 12.4. The Bertz CT molecular complexity index is 1030. The van der Waals surface area contributed by atoms with Crippen LogP contribution in [0.2, 0.25) is 32.7 Å². The molecule has 4 rings (SSSR count). The number of benzene rings is 1. The third-order valence-electron chi connectivity index (χ3n) is 6.02. The summed E-state index contributed by atoms with van der Waals surface area (Å²) in [5.41, 5.74) is 4.93. The highest BCUT2D eigenvalue weighted by molar-refractivity contribution is 7.21. The van der Waals surface area contributed by atoms with E-state index < -0.39 is 16.1 Å². The summed E-state index contributed by atoms with van der Waals surface area (Å²) >= 11 is 3.80. The number of hydrogen-bond donors (Lipinski definition) is 0. The Kier molecular flexibility index (Phi) is 5.30. The lowest BCUT2D eigenvalue weighted by Gasteiger charge is -2.35. The molecule has 0 bridgehead atoms. The summed E-state index contributed by atoms with van der Waals surface area (Å²) in [6.07, 6.45) is 1.87. The molecular weight excluding hydrogens is 425 g/mol. The highest BCUT2D eigenvalue weighted by atomic mass is 32.1. The summed E-state index contributed by atoms with van der Waals surface area (Å²) in [4.78, 5) is 2.99. The minimum absolute atomic E-state index is 0.493. The van der Waals surface area contributed by atoms with Gasteiger partial charge < -0.3 is 4.74 Å². The van der Waals surface area contributed by atoms with Gasteiger partial charge in [0, 0.05) is 15.3 Å². The van der Waals surface area contributed by atoms with Crippen molar-refractivity contribution in [3.8, 4) is 15.5 Å². The number of rotatable bonds is 6. The van der Waals surface area contributed by atoms with Crippen molar-refractivity contribution in [2.45, 2.75) is 45.2 Å². The molecule has 0 saturated heterocycles. The molecule has 0 saturated carbocycles. The van der Waals surface area contributed by atoms with E-state index in [1.54, 1.807) is 11.1 Å². The zero-order valence-electron chi connectivity index (χ0n) is 18.3. The van der Waals surface area contributed by atoms with Gasteiger partial charge in [-0.1, -0.05) is 63.1 Å². The van der Waals surface area contributed by atoms with E-state index in [1.165, 1.54) is 25.7 Å². The van der Waals surface area contributed by atoms with Crippen molar-refractivity contribution < 1.29 is 4.74 Å². The molecule has 2 aromatic heterocycles. The van der Waals surface area contributed by atoms with E-state index in [1.807, 2.05) is 28.7 Å². The number of ether oxygens (including phenoxy) is 1. The van der Waals surface area contributed by atoms with Crippen molar-refractivity contribution in [3.63, 3.8) is 0 Å². The number of thiophene rings is 2. The zero-order valence-corrected chi connectivity index (χ0v) is 21.9. The fraction of sp³-hybridized carbons (Fsp3) is 0.333. The third kappa shape index (κ3) is 3.42. The van der Waals surface area contributed by atoms with Gasteiger partial charge in [0.05, 0.1) is 16.1 Å². The summed E-state index contributed by atoms with van der Waals surface area (Å²) < 4.78 is 6.44. The van der Waals surface area contributed by atoms with Gasteiger partial charge >= 0.3 is 0 Å². The van der Waals surface area contributed by atoms with Crippen LogP contribution in [0.4, 0.5) is 0 Å². The Morgan fingerprint density at radius 3 is 2.03 bits per heavy atom. The maximum Gasteiger partial charge on any atom is 0.118 e. The first kappa shape index (κ1) is 20.8. The molecule has 0 atom stereocenters. The lowest BCUT2D eigenvalue weighted by molar-refractivity contribution is 0.368. The molecule has 1 aromatic carbocycles. The first-order valence-electron chi connectivity index (χ1n) is 10.2. The molecule has 5 heteroatoms. The van der Waals surface area contributed by atoms with Crippen molar-refractivity contribution in [1.82, 2.24) is 0 Å². The van der Waals surface area contributed by atoms with Crippen LogP contribution >= 0.6 is 22.7 Å². The first-order chi connectivity index (χ1) is 13.7. The third-order valence-corrected chi connectivity index (χ3v) is 13.9. The molecule has 0 radical (unpaired) electrons. The number of fused-ring (bicyclic) bond motifs is 3. The maximum absolute atomic E-state index is 6.44. The second-order valence-electron chi connectivity index (χ2n) is 9.60. The number of hydrogen-bond acceptors (Lipinski definition) is 3. The monoisotopic (exact) mass is 454 g/mol. The second kappa shape index (κ2) is 7.38. The molecule has 1 aliphatic carbocycles. The van der Waals surface area contributed by atoms with E-state index in [4.69, 9.17) is 4.74 Å². The molecule has 0 amide bonds. The average Bonchev–Trinajstić information content (AvgIpc) is 3.32. The van der Waals surface area contributed by atoms with Crippen molar-refractivity contribution in [1.29, 1.82) is 0 Å². The van der Waals surface area contributed by atoms with Crippen LogP contribution in [0.3, 0.4) is 0 Å². The molecule has 0 fully saturated rings. The Morgan fingerprint density at radius 1 is 0.966 bits per heavy atom. The van der Waals surface area contributed by atoms with E-state index in [-0.39, 0.29) is 0 Å². The van der Waals surface area contributed by atoms with Crippen LogP contribution in [0.1, 0.15) is 22.2 Å². The van der Waals surface area contributed by atoms with Gasteiger partial charge in [-0.2, -0.15) is 0 Å². The Labute approximate surface area is 185 Å². The lowest BCUT2D eigenvalue weighted by Crippen LogP contribution is -2.52. The molecule has 29 heavy (non-hydrogen) atoms. The van der Waals surface area contributed by atoms with Crippen LogP contribution in [0.15, 0.2) is 47.7 Å². The van der Waals surface area contributed by atoms with Crippen LogP contribution in [-0.4, -0.2) is 22.8 Å². The van der Waals surface area contributed by atoms with Gasteiger partial charge in [-0.3, -0.25) is 0 Å².